The minimum Gasteiger partial charge on any atom is -0.496 e. The lowest BCUT2D eigenvalue weighted by molar-refractivity contribution is 0.101. The van der Waals surface area contributed by atoms with E-state index < -0.39 is 0 Å². The van der Waals surface area contributed by atoms with Gasteiger partial charge < -0.3 is 4.74 Å². The van der Waals surface area contributed by atoms with E-state index in [0.717, 1.165) is 16.9 Å². The van der Waals surface area contributed by atoms with Crippen LogP contribution in [0.5, 0.6) is 5.75 Å². The largest absolute Gasteiger partial charge is 0.496 e. The molecule has 0 N–H and O–H groups in total. The number of aromatic nitrogens is 2. The lowest BCUT2D eigenvalue weighted by Gasteiger charge is -2.08. The molecule has 0 aliphatic heterocycles. The van der Waals surface area contributed by atoms with Gasteiger partial charge in [-0.3, -0.25) is 4.79 Å². The third-order valence-electron chi connectivity index (χ3n) is 3.01. The van der Waals surface area contributed by atoms with Crippen LogP contribution in [-0.2, 0) is 0 Å². The van der Waals surface area contributed by atoms with E-state index in [0.29, 0.717) is 17.1 Å². The Bertz CT molecular complexity index is 636. The Morgan fingerprint density at radius 3 is 2.53 bits per heavy atom. The van der Waals surface area contributed by atoms with E-state index in [1.807, 2.05) is 32.0 Å². The second-order valence-corrected chi connectivity index (χ2v) is 4.43. The molecule has 0 atom stereocenters. The van der Waals surface area contributed by atoms with Crippen LogP contribution in [-0.4, -0.2) is 22.9 Å². The molecule has 19 heavy (non-hydrogen) atoms. The van der Waals surface area contributed by atoms with E-state index in [-0.39, 0.29) is 5.78 Å². The summed E-state index contributed by atoms with van der Waals surface area (Å²) >= 11 is 0. The summed E-state index contributed by atoms with van der Waals surface area (Å²) in [5.74, 6) is 1.43. The van der Waals surface area contributed by atoms with Gasteiger partial charge in [-0.25, -0.2) is 9.97 Å². The first-order chi connectivity index (χ1) is 9.02. The average Bonchev–Trinajstić information content (AvgIpc) is 2.38. The molecule has 0 unspecified atom stereocenters. The number of aryl methyl sites for hydroxylation is 2. The Morgan fingerprint density at radius 1 is 1.26 bits per heavy atom. The van der Waals surface area contributed by atoms with Crippen molar-refractivity contribution in [2.24, 2.45) is 0 Å². The van der Waals surface area contributed by atoms with Crippen LogP contribution in [0.1, 0.15) is 28.5 Å². The molecule has 2 rings (SSSR count). The van der Waals surface area contributed by atoms with E-state index in [1.54, 1.807) is 13.3 Å². The molecule has 0 bridgehead atoms. The highest BCUT2D eigenvalue weighted by Crippen LogP contribution is 2.24. The lowest BCUT2D eigenvalue weighted by Crippen LogP contribution is -2.02. The summed E-state index contributed by atoms with van der Waals surface area (Å²) in [4.78, 5) is 20.0. The third kappa shape index (κ3) is 2.62. The summed E-state index contributed by atoms with van der Waals surface area (Å²) in [6, 6.07) is 5.78. The summed E-state index contributed by atoms with van der Waals surface area (Å²) in [5.41, 5.74) is 3.20. The van der Waals surface area contributed by atoms with E-state index >= 15 is 0 Å². The molecule has 4 nitrogen and oxygen atoms in total. The van der Waals surface area contributed by atoms with Crippen LogP contribution in [0.3, 0.4) is 0 Å². The molecule has 0 amide bonds. The van der Waals surface area contributed by atoms with Gasteiger partial charge in [0, 0.05) is 11.8 Å². The van der Waals surface area contributed by atoms with Crippen LogP contribution < -0.4 is 4.74 Å². The minimum absolute atomic E-state index is 0.0186. The Hall–Kier alpha value is -2.23. The molecule has 0 aliphatic carbocycles. The molecule has 98 valence electrons. The number of carbonyl (C=O) groups is 1. The molecule has 1 aromatic carbocycles. The van der Waals surface area contributed by atoms with E-state index in [1.165, 1.54) is 6.92 Å². The normalized spacial score (nSPS) is 10.3. The number of hydrogen-bond donors (Lipinski definition) is 0. The number of carbonyl (C=O) groups excluding carboxylic acids is 1. The maximum atomic E-state index is 11.4. The van der Waals surface area contributed by atoms with Crippen molar-refractivity contribution in [3.8, 4) is 17.1 Å². The molecule has 4 heteroatoms. The van der Waals surface area contributed by atoms with Gasteiger partial charge in [0.2, 0.25) is 0 Å². The first-order valence-electron chi connectivity index (χ1n) is 6.02. The minimum atomic E-state index is -0.0186. The number of hydrogen-bond acceptors (Lipinski definition) is 4. The van der Waals surface area contributed by atoms with Crippen LogP contribution >= 0.6 is 0 Å². The van der Waals surface area contributed by atoms with Gasteiger partial charge >= 0.3 is 0 Å². The Kier molecular flexibility index (Phi) is 3.60. The summed E-state index contributed by atoms with van der Waals surface area (Å²) in [7, 11) is 1.64. The summed E-state index contributed by atoms with van der Waals surface area (Å²) < 4.78 is 5.22. The number of ether oxygens (including phenoxy) is 1. The predicted molar refractivity (Wildman–Crippen MR) is 73.5 cm³/mol. The standard InChI is InChI=1S/C15H16N2O2/c1-9-7-12(5-6-14(9)19-4)15-16-8-13(11(3)18)10(2)17-15/h5-8H,1-4H3. The van der Waals surface area contributed by atoms with Gasteiger partial charge in [0.05, 0.1) is 18.4 Å². The second kappa shape index (κ2) is 5.18. The maximum Gasteiger partial charge on any atom is 0.163 e. The highest BCUT2D eigenvalue weighted by molar-refractivity contribution is 5.94. The zero-order valence-electron chi connectivity index (χ0n) is 11.5. The van der Waals surface area contributed by atoms with Crippen molar-refractivity contribution >= 4 is 5.78 Å². The maximum absolute atomic E-state index is 11.4. The molecule has 0 saturated carbocycles. The monoisotopic (exact) mass is 256 g/mol. The fraction of sp³-hybridized carbons (Fsp3) is 0.267. The van der Waals surface area contributed by atoms with Crippen LogP contribution in [0.25, 0.3) is 11.4 Å². The quantitative estimate of drug-likeness (QED) is 0.792. The number of benzene rings is 1. The van der Waals surface area contributed by atoms with Gasteiger partial charge in [0.15, 0.2) is 11.6 Å². The molecule has 0 saturated heterocycles. The van der Waals surface area contributed by atoms with E-state index in [9.17, 15) is 4.79 Å². The summed E-state index contributed by atoms with van der Waals surface area (Å²) in [6.07, 6.45) is 1.58. The molecular formula is C15H16N2O2. The molecule has 0 radical (unpaired) electrons. The van der Waals surface area contributed by atoms with Crippen LogP contribution in [0, 0.1) is 13.8 Å². The van der Waals surface area contributed by atoms with Gasteiger partial charge in [-0.2, -0.15) is 0 Å². The fourth-order valence-electron chi connectivity index (χ4n) is 1.97. The van der Waals surface area contributed by atoms with Gasteiger partial charge in [-0.1, -0.05) is 0 Å². The van der Waals surface area contributed by atoms with Crippen molar-refractivity contribution in [1.82, 2.24) is 9.97 Å². The van der Waals surface area contributed by atoms with E-state index in [2.05, 4.69) is 9.97 Å². The van der Waals surface area contributed by atoms with Gasteiger partial charge in [-0.05, 0) is 44.5 Å². The number of nitrogens with zero attached hydrogens (tertiary/aromatic N) is 2. The van der Waals surface area contributed by atoms with Crippen molar-refractivity contribution < 1.29 is 9.53 Å². The molecule has 2 aromatic rings. The highest BCUT2D eigenvalue weighted by Gasteiger charge is 2.09. The van der Waals surface area contributed by atoms with Crippen LogP contribution in [0.2, 0.25) is 0 Å². The topological polar surface area (TPSA) is 52.1 Å². The molecule has 1 aromatic heterocycles. The van der Waals surface area contributed by atoms with Crippen molar-refractivity contribution in [2.75, 3.05) is 7.11 Å². The van der Waals surface area contributed by atoms with Gasteiger partial charge in [0.25, 0.3) is 0 Å². The number of ketones is 1. The van der Waals surface area contributed by atoms with Gasteiger partial charge in [-0.15, -0.1) is 0 Å². The van der Waals surface area contributed by atoms with Crippen LogP contribution in [0.4, 0.5) is 0 Å². The van der Waals surface area contributed by atoms with Gasteiger partial charge in [0.1, 0.15) is 5.75 Å². The Balaban J connectivity index is 2.45. The number of Topliss-reactive ketones (excluding diaryl/α,β-unsaturated/α-hetero) is 1. The van der Waals surface area contributed by atoms with Crippen molar-refractivity contribution in [3.05, 3.63) is 41.2 Å². The molecule has 0 fully saturated rings. The smallest absolute Gasteiger partial charge is 0.163 e. The number of methoxy groups -OCH3 is 1. The summed E-state index contributed by atoms with van der Waals surface area (Å²) in [5, 5.41) is 0. The van der Waals surface area contributed by atoms with E-state index in [4.69, 9.17) is 4.74 Å². The molecule has 0 spiro atoms. The first kappa shape index (κ1) is 13.2. The molecular weight excluding hydrogens is 240 g/mol. The Morgan fingerprint density at radius 2 is 2.00 bits per heavy atom. The number of rotatable bonds is 3. The zero-order valence-corrected chi connectivity index (χ0v) is 11.5. The summed E-state index contributed by atoms with van der Waals surface area (Å²) in [6.45, 7) is 5.31. The van der Waals surface area contributed by atoms with Crippen molar-refractivity contribution in [3.63, 3.8) is 0 Å². The van der Waals surface area contributed by atoms with Crippen molar-refractivity contribution in [1.29, 1.82) is 0 Å². The van der Waals surface area contributed by atoms with Crippen molar-refractivity contribution in [2.45, 2.75) is 20.8 Å². The fourth-order valence-corrected chi connectivity index (χ4v) is 1.97. The third-order valence-corrected chi connectivity index (χ3v) is 3.01. The second-order valence-electron chi connectivity index (χ2n) is 4.43. The van der Waals surface area contributed by atoms with Crippen LogP contribution in [0.15, 0.2) is 24.4 Å². The lowest BCUT2D eigenvalue weighted by atomic mass is 10.1. The Labute approximate surface area is 112 Å². The average molecular weight is 256 g/mol. The predicted octanol–water partition coefficient (Wildman–Crippen LogP) is 2.97. The molecule has 0 aliphatic rings. The first-order valence-corrected chi connectivity index (χ1v) is 6.02. The highest BCUT2D eigenvalue weighted by atomic mass is 16.5. The SMILES string of the molecule is COc1ccc(-c2ncc(C(C)=O)c(C)n2)cc1C. The zero-order chi connectivity index (χ0) is 14.0. The molecule has 1 heterocycles.